The summed E-state index contributed by atoms with van der Waals surface area (Å²) in [6, 6.07) is 77.6. The molecule has 9 aromatic rings. The fourth-order valence-electron chi connectivity index (χ4n) is 8.84. The van der Waals surface area contributed by atoms with E-state index in [-0.39, 0.29) is 0 Å². The summed E-state index contributed by atoms with van der Waals surface area (Å²) in [4.78, 5) is 2.50. The first kappa shape index (κ1) is 35.2. The van der Waals surface area contributed by atoms with Crippen molar-refractivity contribution in [1.82, 2.24) is 0 Å². The Balaban J connectivity index is 1.26. The molecule has 1 nitrogen and oxygen atoms in total. The van der Waals surface area contributed by atoms with Crippen LogP contribution in [0.3, 0.4) is 0 Å². The molecule has 10 rings (SSSR count). The van der Waals surface area contributed by atoms with Crippen LogP contribution in [0.15, 0.2) is 218 Å². The number of benzene rings is 9. The van der Waals surface area contributed by atoms with Crippen LogP contribution in [0.4, 0.5) is 17.1 Å². The molecule has 0 bridgehead atoms. The lowest BCUT2D eigenvalue weighted by atomic mass is 9.86. The van der Waals surface area contributed by atoms with E-state index in [0.717, 1.165) is 29.0 Å². The van der Waals surface area contributed by atoms with Gasteiger partial charge >= 0.3 is 0 Å². The first-order chi connectivity index (χ1) is 28.7. The lowest BCUT2D eigenvalue weighted by Crippen LogP contribution is -2.13. The molecule has 1 atom stereocenters. The summed E-state index contributed by atoms with van der Waals surface area (Å²) in [6.07, 6.45) is 5.75. The molecule has 0 amide bonds. The summed E-state index contributed by atoms with van der Waals surface area (Å²) < 4.78 is 0. The number of fused-ring (bicyclic) bond motifs is 2. The molecule has 1 heteroatoms. The molecule has 276 valence electrons. The molecule has 0 aromatic heterocycles. The zero-order valence-corrected chi connectivity index (χ0v) is 32.6. The Morgan fingerprint density at radius 3 is 1.74 bits per heavy atom. The average Bonchev–Trinajstić information content (AvgIpc) is 3.29. The third-order valence-electron chi connectivity index (χ3n) is 11.6. The average molecular weight is 742 g/mol. The second kappa shape index (κ2) is 15.4. The summed E-state index contributed by atoms with van der Waals surface area (Å²) >= 11 is 0. The number of rotatable bonds is 8. The highest BCUT2D eigenvalue weighted by molar-refractivity contribution is 6.09. The molecule has 1 aliphatic carbocycles. The zero-order chi connectivity index (χ0) is 38.8. The van der Waals surface area contributed by atoms with Crippen LogP contribution in [0, 0.1) is 5.92 Å². The molecule has 0 spiro atoms. The number of para-hydroxylation sites is 1. The van der Waals surface area contributed by atoms with Crippen LogP contribution < -0.4 is 4.90 Å². The maximum absolute atomic E-state index is 2.50. The van der Waals surface area contributed by atoms with Crippen molar-refractivity contribution in [2.75, 3.05) is 4.90 Å². The zero-order valence-electron chi connectivity index (χ0n) is 32.6. The van der Waals surface area contributed by atoms with Gasteiger partial charge in [0.2, 0.25) is 0 Å². The van der Waals surface area contributed by atoms with Gasteiger partial charge in [-0.15, -0.1) is 0 Å². The van der Waals surface area contributed by atoms with Gasteiger partial charge in [0.1, 0.15) is 0 Å². The minimum absolute atomic E-state index is 0.533. The van der Waals surface area contributed by atoms with Crippen LogP contribution in [0.2, 0.25) is 0 Å². The number of anilines is 3. The van der Waals surface area contributed by atoms with Crippen LogP contribution >= 0.6 is 0 Å². The number of hydrogen-bond donors (Lipinski definition) is 0. The Bertz CT molecular complexity index is 2920. The largest absolute Gasteiger partial charge is 0.309 e. The van der Waals surface area contributed by atoms with Gasteiger partial charge in [-0.25, -0.2) is 0 Å². The fraction of sp³-hybridized carbons (Fsp3) is 0.0526. The minimum atomic E-state index is 0.533. The van der Waals surface area contributed by atoms with E-state index >= 15 is 0 Å². The van der Waals surface area contributed by atoms with E-state index in [1.807, 2.05) is 0 Å². The molecular weight excluding hydrogens is 699 g/mol. The Morgan fingerprint density at radius 1 is 0.397 bits per heavy atom. The first-order valence-electron chi connectivity index (χ1n) is 20.3. The summed E-state index contributed by atoms with van der Waals surface area (Å²) in [6.45, 7) is 2.30. The van der Waals surface area contributed by atoms with E-state index in [2.05, 4.69) is 236 Å². The summed E-state index contributed by atoms with van der Waals surface area (Å²) in [5.74, 6) is 0.533. The monoisotopic (exact) mass is 741 g/mol. The van der Waals surface area contributed by atoms with E-state index in [4.69, 9.17) is 0 Å². The standard InChI is InChI=1S/C57H43N/c1-40-33-35-50-46(37-40)26-16-29-49(50)47-25-13-27-48(38-47)58(56-39-45(41-17-5-2-6-18-41)34-36-51(56)42-19-7-3-8-20-42)55-32-12-11-28-53(55)54-31-15-24-44-23-14-30-52(57(44)54)43-21-9-4-10-22-43/h2-36,38-40H,37H2,1H3. The molecule has 1 unspecified atom stereocenters. The number of allylic oxidation sites excluding steroid dienone is 1. The molecule has 58 heavy (non-hydrogen) atoms. The van der Waals surface area contributed by atoms with Crippen molar-refractivity contribution < 1.29 is 0 Å². The Labute approximate surface area is 341 Å². The Morgan fingerprint density at radius 2 is 0.983 bits per heavy atom. The van der Waals surface area contributed by atoms with Crippen molar-refractivity contribution >= 4 is 33.9 Å². The molecular formula is C57H43N. The van der Waals surface area contributed by atoms with Crippen LogP contribution in [0.5, 0.6) is 0 Å². The Hall–Kier alpha value is -7.22. The van der Waals surface area contributed by atoms with Gasteiger partial charge in [-0.2, -0.15) is 0 Å². The van der Waals surface area contributed by atoms with Crippen molar-refractivity contribution in [1.29, 1.82) is 0 Å². The highest BCUT2D eigenvalue weighted by atomic mass is 15.1. The van der Waals surface area contributed by atoms with Gasteiger partial charge in [0.15, 0.2) is 0 Å². The predicted octanol–water partition coefficient (Wildman–Crippen LogP) is 15.8. The van der Waals surface area contributed by atoms with E-state index in [9.17, 15) is 0 Å². The normalized spacial score (nSPS) is 13.3. The van der Waals surface area contributed by atoms with Crippen molar-refractivity contribution in [2.24, 2.45) is 5.92 Å². The van der Waals surface area contributed by atoms with Crippen LogP contribution in [0.1, 0.15) is 18.1 Å². The maximum Gasteiger partial charge on any atom is 0.0546 e. The molecule has 0 heterocycles. The van der Waals surface area contributed by atoms with Gasteiger partial charge < -0.3 is 4.90 Å². The Kier molecular flexibility index (Phi) is 9.33. The molecule has 0 saturated carbocycles. The third kappa shape index (κ3) is 6.61. The molecule has 1 aliphatic rings. The van der Waals surface area contributed by atoms with Gasteiger partial charge in [-0.1, -0.05) is 207 Å². The van der Waals surface area contributed by atoms with Crippen LogP contribution in [0.25, 0.3) is 72.5 Å². The topological polar surface area (TPSA) is 3.24 Å². The third-order valence-corrected chi connectivity index (χ3v) is 11.6. The lowest BCUT2D eigenvalue weighted by molar-refractivity contribution is 0.717. The van der Waals surface area contributed by atoms with Crippen molar-refractivity contribution in [3.05, 3.63) is 230 Å². The predicted molar refractivity (Wildman–Crippen MR) is 248 cm³/mol. The fourth-order valence-corrected chi connectivity index (χ4v) is 8.84. The summed E-state index contributed by atoms with van der Waals surface area (Å²) in [7, 11) is 0. The quantitative estimate of drug-likeness (QED) is 0.150. The van der Waals surface area contributed by atoms with Gasteiger partial charge in [-0.05, 0) is 103 Å². The number of nitrogens with zero attached hydrogens (tertiary/aromatic N) is 1. The minimum Gasteiger partial charge on any atom is -0.309 e. The van der Waals surface area contributed by atoms with Crippen molar-refractivity contribution in [3.8, 4) is 55.6 Å². The molecule has 0 saturated heterocycles. The molecule has 0 aliphatic heterocycles. The second-order valence-corrected chi connectivity index (χ2v) is 15.4. The van der Waals surface area contributed by atoms with Crippen LogP contribution in [-0.2, 0) is 6.42 Å². The summed E-state index contributed by atoms with van der Waals surface area (Å²) in [5, 5.41) is 2.46. The van der Waals surface area contributed by atoms with E-state index in [1.54, 1.807) is 0 Å². The van der Waals surface area contributed by atoms with Crippen LogP contribution in [-0.4, -0.2) is 0 Å². The van der Waals surface area contributed by atoms with Crippen molar-refractivity contribution in [3.63, 3.8) is 0 Å². The van der Waals surface area contributed by atoms with Gasteiger partial charge in [-0.3, -0.25) is 0 Å². The molecule has 0 radical (unpaired) electrons. The van der Waals surface area contributed by atoms with Gasteiger partial charge in [0.25, 0.3) is 0 Å². The van der Waals surface area contributed by atoms with E-state index in [1.165, 1.54) is 72.0 Å². The molecule has 0 N–H and O–H groups in total. The maximum atomic E-state index is 2.50. The molecule has 0 fully saturated rings. The van der Waals surface area contributed by atoms with E-state index < -0.39 is 0 Å². The first-order valence-corrected chi connectivity index (χ1v) is 20.3. The second-order valence-electron chi connectivity index (χ2n) is 15.4. The van der Waals surface area contributed by atoms with Gasteiger partial charge in [0.05, 0.1) is 11.4 Å². The summed E-state index contributed by atoms with van der Waals surface area (Å²) in [5.41, 5.74) is 18.0. The van der Waals surface area contributed by atoms with E-state index in [0.29, 0.717) is 5.92 Å². The van der Waals surface area contributed by atoms with Gasteiger partial charge in [0, 0.05) is 16.8 Å². The highest BCUT2D eigenvalue weighted by Gasteiger charge is 2.24. The number of hydrogen-bond acceptors (Lipinski definition) is 1. The smallest absolute Gasteiger partial charge is 0.0546 e. The van der Waals surface area contributed by atoms with Crippen molar-refractivity contribution in [2.45, 2.75) is 13.3 Å². The lowest BCUT2D eigenvalue weighted by Gasteiger charge is -2.31. The molecule has 9 aromatic carbocycles. The highest BCUT2D eigenvalue weighted by Crippen LogP contribution is 2.48. The SMILES string of the molecule is CC1C=Cc2c(cccc2-c2cccc(N(c3cc(-c4ccccc4)ccc3-c3ccccc3)c3ccccc3-c3cccc4cccc(-c5ccccc5)c34)c2)C1.